The lowest BCUT2D eigenvalue weighted by Crippen LogP contribution is -2.41. The molecule has 1 heterocycles. The predicted octanol–water partition coefficient (Wildman–Crippen LogP) is 3.99. The molecule has 0 bridgehead atoms. The monoisotopic (exact) mass is 467 g/mol. The van der Waals surface area contributed by atoms with Gasteiger partial charge < -0.3 is 10.5 Å². The molecule has 0 aromatic heterocycles. The molecule has 2 N–H and O–H groups in total. The van der Waals surface area contributed by atoms with Crippen LogP contribution in [0.3, 0.4) is 0 Å². The van der Waals surface area contributed by atoms with Gasteiger partial charge in [0, 0.05) is 12.6 Å². The summed E-state index contributed by atoms with van der Waals surface area (Å²) < 4.78 is 42.8. The van der Waals surface area contributed by atoms with Crippen molar-refractivity contribution in [3.63, 3.8) is 0 Å². The minimum absolute atomic E-state index is 0.0443. The highest BCUT2D eigenvalue weighted by molar-refractivity contribution is 6.09. The minimum Gasteiger partial charge on any atom is -0.454 e. The Hall–Kier alpha value is -4.14. The SMILES string of the molecule is CN1C(=O)C(c2ccccc2)(c2cc(-c3ccccc3)ccc2COC(=O)C(F)(F)F)N=C1N. The molecule has 34 heavy (non-hydrogen) atoms. The third-order valence-electron chi connectivity index (χ3n) is 5.63. The van der Waals surface area contributed by atoms with Gasteiger partial charge in [0.15, 0.2) is 11.5 Å². The molecule has 1 aliphatic rings. The fourth-order valence-electron chi connectivity index (χ4n) is 3.91. The second kappa shape index (κ2) is 8.66. The number of benzene rings is 3. The number of hydrogen-bond acceptors (Lipinski definition) is 5. The van der Waals surface area contributed by atoms with Crippen LogP contribution in [0.2, 0.25) is 0 Å². The maximum Gasteiger partial charge on any atom is 0.490 e. The van der Waals surface area contributed by atoms with E-state index in [9.17, 15) is 22.8 Å². The highest BCUT2D eigenvalue weighted by Gasteiger charge is 2.51. The summed E-state index contributed by atoms with van der Waals surface area (Å²) >= 11 is 0. The lowest BCUT2D eigenvalue weighted by Gasteiger charge is -2.29. The zero-order valence-corrected chi connectivity index (χ0v) is 18.0. The van der Waals surface area contributed by atoms with Crippen molar-refractivity contribution < 1.29 is 27.5 Å². The van der Waals surface area contributed by atoms with Gasteiger partial charge in [0.25, 0.3) is 5.91 Å². The normalized spacial score (nSPS) is 18.1. The molecule has 6 nitrogen and oxygen atoms in total. The second-order valence-corrected chi connectivity index (χ2v) is 7.72. The number of carbonyl (C=O) groups is 2. The van der Waals surface area contributed by atoms with Crippen LogP contribution < -0.4 is 5.73 Å². The highest BCUT2D eigenvalue weighted by atomic mass is 19.4. The number of hydrogen-bond donors (Lipinski definition) is 1. The molecular formula is C25H20F3N3O3. The average molecular weight is 467 g/mol. The first-order chi connectivity index (χ1) is 16.1. The average Bonchev–Trinajstić information content (AvgIpc) is 3.07. The molecule has 0 spiro atoms. The number of amides is 1. The van der Waals surface area contributed by atoms with Gasteiger partial charge in [-0.15, -0.1) is 0 Å². The highest BCUT2D eigenvalue weighted by Crippen LogP contribution is 2.42. The van der Waals surface area contributed by atoms with Gasteiger partial charge in [-0.3, -0.25) is 9.69 Å². The van der Waals surface area contributed by atoms with Crippen molar-refractivity contribution in [3.8, 4) is 11.1 Å². The molecule has 1 unspecified atom stereocenters. The van der Waals surface area contributed by atoms with Crippen LogP contribution in [-0.2, 0) is 26.5 Å². The molecule has 3 aromatic rings. The van der Waals surface area contributed by atoms with Crippen LogP contribution in [0, 0.1) is 0 Å². The maximum absolute atomic E-state index is 13.6. The Morgan fingerprint density at radius 2 is 1.62 bits per heavy atom. The Bertz CT molecular complexity index is 1260. The minimum atomic E-state index is -5.15. The van der Waals surface area contributed by atoms with E-state index in [-0.39, 0.29) is 17.1 Å². The molecule has 0 saturated carbocycles. The van der Waals surface area contributed by atoms with Gasteiger partial charge in [-0.25, -0.2) is 9.79 Å². The van der Waals surface area contributed by atoms with Gasteiger partial charge in [0.1, 0.15) is 6.61 Å². The quantitative estimate of drug-likeness (QED) is 0.575. The Labute approximate surface area is 193 Å². The summed E-state index contributed by atoms with van der Waals surface area (Å²) in [5.74, 6) is -2.85. The molecular weight excluding hydrogens is 447 g/mol. The lowest BCUT2D eigenvalue weighted by atomic mass is 9.79. The zero-order chi connectivity index (χ0) is 24.5. The number of likely N-dealkylation sites (N-methyl/N-ethyl adjacent to an activating group) is 1. The van der Waals surface area contributed by atoms with Crippen molar-refractivity contribution in [2.24, 2.45) is 10.7 Å². The van der Waals surface area contributed by atoms with Gasteiger partial charge >= 0.3 is 12.1 Å². The number of guanidine groups is 1. The summed E-state index contributed by atoms with van der Waals surface area (Å²) in [5.41, 5.74) is 6.82. The Kier molecular flexibility index (Phi) is 5.87. The largest absolute Gasteiger partial charge is 0.490 e. The lowest BCUT2D eigenvalue weighted by molar-refractivity contribution is -0.201. The number of nitrogens with two attached hydrogens (primary N) is 1. The molecule has 1 amide bonds. The number of aliphatic imine (C=N–C) groups is 1. The number of alkyl halides is 3. The van der Waals surface area contributed by atoms with Crippen LogP contribution in [-0.4, -0.2) is 36.0 Å². The van der Waals surface area contributed by atoms with E-state index in [0.29, 0.717) is 11.1 Å². The number of carbonyl (C=O) groups excluding carboxylic acids is 2. The Morgan fingerprint density at radius 3 is 2.18 bits per heavy atom. The number of ether oxygens (including phenoxy) is 1. The molecule has 3 aromatic carbocycles. The van der Waals surface area contributed by atoms with Crippen LogP contribution in [0.4, 0.5) is 13.2 Å². The van der Waals surface area contributed by atoms with E-state index < -0.39 is 30.2 Å². The van der Waals surface area contributed by atoms with E-state index in [2.05, 4.69) is 9.73 Å². The van der Waals surface area contributed by atoms with E-state index in [1.807, 2.05) is 30.3 Å². The summed E-state index contributed by atoms with van der Waals surface area (Å²) in [6.45, 7) is -0.705. The van der Waals surface area contributed by atoms with Crippen LogP contribution in [0.5, 0.6) is 0 Å². The molecule has 0 aliphatic carbocycles. The van der Waals surface area contributed by atoms with Crippen molar-refractivity contribution in [1.29, 1.82) is 0 Å². The summed E-state index contributed by atoms with van der Waals surface area (Å²) in [7, 11) is 1.47. The van der Waals surface area contributed by atoms with E-state index in [0.717, 1.165) is 5.56 Å². The second-order valence-electron chi connectivity index (χ2n) is 7.72. The third kappa shape index (κ3) is 4.00. The van der Waals surface area contributed by atoms with E-state index in [1.165, 1.54) is 18.0 Å². The molecule has 1 atom stereocenters. The fraction of sp³-hybridized carbons (Fsp3) is 0.160. The molecule has 4 rings (SSSR count). The first-order valence-electron chi connectivity index (χ1n) is 10.3. The summed E-state index contributed by atoms with van der Waals surface area (Å²) in [5, 5.41) is 0. The first kappa shape index (κ1) is 23.0. The van der Waals surface area contributed by atoms with Crippen molar-refractivity contribution in [2.45, 2.75) is 18.3 Å². The van der Waals surface area contributed by atoms with Gasteiger partial charge in [0.05, 0.1) is 0 Å². The van der Waals surface area contributed by atoms with Crippen LogP contribution in [0.25, 0.3) is 11.1 Å². The predicted molar refractivity (Wildman–Crippen MR) is 119 cm³/mol. The molecule has 0 radical (unpaired) electrons. The smallest absolute Gasteiger partial charge is 0.454 e. The van der Waals surface area contributed by atoms with Crippen molar-refractivity contribution in [1.82, 2.24) is 4.90 Å². The van der Waals surface area contributed by atoms with Gasteiger partial charge in [-0.1, -0.05) is 72.8 Å². The van der Waals surface area contributed by atoms with Crippen LogP contribution >= 0.6 is 0 Å². The summed E-state index contributed by atoms with van der Waals surface area (Å²) in [4.78, 5) is 30.7. The zero-order valence-electron chi connectivity index (χ0n) is 18.0. The van der Waals surface area contributed by atoms with Crippen LogP contribution in [0.15, 0.2) is 83.9 Å². The third-order valence-corrected chi connectivity index (χ3v) is 5.63. The van der Waals surface area contributed by atoms with E-state index in [1.54, 1.807) is 42.5 Å². The number of nitrogens with zero attached hydrogens (tertiary/aromatic N) is 2. The molecule has 1 aliphatic heterocycles. The molecule has 174 valence electrons. The standard InChI is InChI=1S/C25H20F3N3O3/c1-31-21(32)24(30-23(31)29,19-10-6-3-7-11-19)20-14-17(16-8-4-2-5-9-16)12-13-18(20)15-34-22(33)25(26,27)28/h2-14H,15H2,1H3,(H2,29,30). The van der Waals surface area contributed by atoms with Crippen molar-refractivity contribution in [3.05, 3.63) is 95.6 Å². The Morgan fingerprint density at radius 1 is 1.00 bits per heavy atom. The topological polar surface area (TPSA) is 85.0 Å². The molecule has 0 fully saturated rings. The van der Waals surface area contributed by atoms with Crippen LogP contribution in [0.1, 0.15) is 16.7 Å². The number of halogens is 3. The summed E-state index contributed by atoms with van der Waals surface area (Å²) in [6, 6.07) is 22.7. The van der Waals surface area contributed by atoms with Crippen molar-refractivity contribution >= 4 is 17.8 Å². The number of esters is 1. The van der Waals surface area contributed by atoms with Crippen molar-refractivity contribution in [2.75, 3.05) is 7.05 Å². The fourth-order valence-corrected chi connectivity index (χ4v) is 3.91. The van der Waals surface area contributed by atoms with Gasteiger partial charge in [-0.2, -0.15) is 13.2 Å². The Balaban J connectivity index is 1.93. The number of rotatable bonds is 5. The van der Waals surface area contributed by atoms with Gasteiger partial charge in [-0.05, 0) is 28.3 Å². The summed E-state index contributed by atoms with van der Waals surface area (Å²) in [6.07, 6.45) is -5.15. The molecule has 0 saturated heterocycles. The van der Waals surface area contributed by atoms with E-state index in [4.69, 9.17) is 5.73 Å². The maximum atomic E-state index is 13.6. The van der Waals surface area contributed by atoms with Gasteiger partial charge in [0.2, 0.25) is 0 Å². The molecule has 9 heteroatoms. The first-order valence-corrected chi connectivity index (χ1v) is 10.3. The van der Waals surface area contributed by atoms with E-state index >= 15 is 0 Å².